The van der Waals surface area contributed by atoms with E-state index in [9.17, 15) is 13.2 Å². The molecule has 7 nitrogen and oxygen atoms in total. The van der Waals surface area contributed by atoms with Crippen LogP contribution in [0, 0.1) is 13.8 Å². The molecule has 1 aliphatic heterocycles. The minimum absolute atomic E-state index is 0.210. The summed E-state index contributed by atoms with van der Waals surface area (Å²) >= 11 is 0. The molecule has 198 valence electrons. The molecule has 0 atom stereocenters. The zero-order valence-electron chi connectivity index (χ0n) is 21.8. The van der Waals surface area contributed by atoms with Gasteiger partial charge in [-0.2, -0.15) is 4.31 Å². The van der Waals surface area contributed by atoms with Gasteiger partial charge in [0.1, 0.15) is 11.5 Å². The van der Waals surface area contributed by atoms with E-state index in [1.807, 2.05) is 56.3 Å². The molecule has 0 N–H and O–H groups in total. The predicted octanol–water partition coefficient (Wildman–Crippen LogP) is 4.25. The van der Waals surface area contributed by atoms with Gasteiger partial charge in [0, 0.05) is 19.6 Å². The van der Waals surface area contributed by atoms with E-state index in [2.05, 4.69) is 4.90 Å². The SMILES string of the molecule is Cc1ccc(S(=O)(=O)N(CCN2CCCC2)CC(=O)N(CCc2ccccc2)Cc2ccc(C)o2)cc1. The molecule has 1 amide bonds. The standard InChI is InChI=1S/C29H37N3O4S/c1-24-10-14-28(15-11-24)37(34,35)32(21-20-30-17-6-7-18-30)23-29(33)31(22-27-13-12-25(2)36-27)19-16-26-8-4-3-5-9-26/h3-5,8-15H,6-7,16-23H2,1-2H3. The van der Waals surface area contributed by atoms with E-state index in [1.165, 1.54) is 4.31 Å². The second-order valence-corrected chi connectivity index (χ2v) is 11.7. The molecule has 0 aliphatic carbocycles. The first-order chi connectivity index (χ1) is 17.8. The Morgan fingerprint density at radius 3 is 2.27 bits per heavy atom. The Bertz CT molecular complexity index is 1250. The Morgan fingerprint density at radius 1 is 0.919 bits per heavy atom. The fourth-order valence-corrected chi connectivity index (χ4v) is 5.99. The van der Waals surface area contributed by atoms with Crippen molar-refractivity contribution in [3.63, 3.8) is 0 Å². The first kappa shape index (κ1) is 27.1. The van der Waals surface area contributed by atoms with E-state index in [4.69, 9.17) is 4.42 Å². The highest BCUT2D eigenvalue weighted by molar-refractivity contribution is 7.89. The van der Waals surface area contributed by atoms with E-state index < -0.39 is 10.0 Å². The summed E-state index contributed by atoms with van der Waals surface area (Å²) in [6.45, 7) is 7.16. The van der Waals surface area contributed by atoms with E-state index >= 15 is 0 Å². The van der Waals surface area contributed by atoms with Crippen LogP contribution in [-0.2, 0) is 27.8 Å². The molecule has 1 aromatic heterocycles. The molecule has 0 saturated carbocycles. The summed E-state index contributed by atoms with van der Waals surface area (Å²) in [4.78, 5) is 17.9. The third-order valence-corrected chi connectivity index (χ3v) is 8.70. The second-order valence-electron chi connectivity index (χ2n) is 9.76. The number of nitrogens with zero attached hydrogens (tertiary/aromatic N) is 3. The van der Waals surface area contributed by atoms with Gasteiger partial charge in [0.2, 0.25) is 15.9 Å². The lowest BCUT2D eigenvalue weighted by atomic mass is 10.1. The molecule has 2 heterocycles. The second kappa shape index (κ2) is 12.5. The van der Waals surface area contributed by atoms with Crippen LogP contribution in [0.3, 0.4) is 0 Å². The molecule has 0 radical (unpaired) electrons. The fourth-order valence-electron chi connectivity index (χ4n) is 4.61. The van der Waals surface area contributed by atoms with Crippen molar-refractivity contribution in [3.05, 3.63) is 89.4 Å². The molecule has 1 fully saturated rings. The number of benzene rings is 2. The van der Waals surface area contributed by atoms with E-state index in [0.717, 1.165) is 42.8 Å². The van der Waals surface area contributed by atoms with Gasteiger partial charge >= 0.3 is 0 Å². The van der Waals surface area contributed by atoms with Crippen LogP contribution in [0.25, 0.3) is 0 Å². The van der Waals surface area contributed by atoms with Crippen LogP contribution in [0.4, 0.5) is 0 Å². The summed E-state index contributed by atoms with van der Waals surface area (Å²) in [6, 6.07) is 20.5. The number of hydrogen-bond donors (Lipinski definition) is 0. The Hall–Kier alpha value is -2.94. The summed E-state index contributed by atoms with van der Waals surface area (Å²) in [5, 5.41) is 0. The molecule has 1 aliphatic rings. The van der Waals surface area contributed by atoms with Crippen LogP contribution in [0.1, 0.15) is 35.5 Å². The Balaban J connectivity index is 1.54. The average Bonchev–Trinajstić information content (AvgIpc) is 3.56. The first-order valence-electron chi connectivity index (χ1n) is 13.0. The predicted molar refractivity (Wildman–Crippen MR) is 145 cm³/mol. The molecule has 37 heavy (non-hydrogen) atoms. The fraction of sp³-hybridized carbons (Fsp3) is 0.414. The number of amides is 1. The summed E-state index contributed by atoms with van der Waals surface area (Å²) in [7, 11) is -3.84. The van der Waals surface area contributed by atoms with Crippen molar-refractivity contribution in [2.75, 3.05) is 39.3 Å². The molecule has 4 rings (SSSR count). The number of furan rings is 1. The quantitative estimate of drug-likeness (QED) is 0.355. The van der Waals surface area contributed by atoms with Gasteiger partial charge in [-0.3, -0.25) is 4.79 Å². The number of hydrogen-bond acceptors (Lipinski definition) is 5. The highest BCUT2D eigenvalue weighted by Crippen LogP contribution is 2.19. The summed E-state index contributed by atoms with van der Waals surface area (Å²) in [5.41, 5.74) is 2.11. The van der Waals surface area contributed by atoms with E-state index in [0.29, 0.717) is 31.8 Å². The maximum Gasteiger partial charge on any atom is 0.243 e. The highest BCUT2D eigenvalue weighted by atomic mass is 32.2. The van der Waals surface area contributed by atoms with Gasteiger partial charge in [-0.25, -0.2) is 8.42 Å². The van der Waals surface area contributed by atoms with Crippen molar-refractivity contribution in [2.45, 2.75) is 44.6 Å². The molecule has 8 heteroatoms. The lowest BCUT2D eigenvalue weighted by Crippen LogP contribution is -2.45. The molecule has 0 spiro atoms. The van der Waals surface area contributed by atoms with Crippen LogP contribution < -0.4 is 0 Å². The smallest absolute Gasteiger partial charge is 0.243 e. The van der Waals surface area contributed by atoms with Gasteiger partial charge in [0.15, 0.2) is 0 Å². The van der Waals surface area contributed by atoms with Crippen LogP contribution in [0.2, 0.25) is 0 Å². The third-order valence-electron chi connectivity index (χ3n) is 6.84. The van der Waals surface area contributed by atoms with Crippen molar-refractivity contribution in [1.82, 2.24) is 14.1 Å². The largest absolute Gasteiger partial charge is 0.464 e. The topological polar surface area (TPSA) is 74.1 Å². The molecule has 3 aromatic rings. The summed E-state index contributed by atoms with van der Waals surface area (Å²) in [5.74, 6) is 1.23. The van der Waals surface area contributed by atoms with Crippen molar-refractivity contribution in [1.29, 1.82) is 0 Å². The molecular formula is C29H37N3O4S. The van der Waals surface area contributed by atoms with Crippen molar-refractivity contribution in [3.8, 4) is 0 Å². The normalized spacial score (nSPS) is 14.4. The third kappa shape index (κ3) is 7.53. The van der Waals surface area contributed by atoms with Crippen LogP contribution >= 0.6 is 0 Å². The number of sulfonamides is 1. The van der Waals surface area contributed by atoms with E-state index in [1.54, 1.807) is 29.2 Å². The average molecular weight is 524 g/mol. The van der Waals surface area contributed by atoms with Crippen molar-refractivity contribution >= 4 is 15.9 Å². The van der Waals surface area contributed by atoms with Crippen LogP contribution in [0.5, 0.6) is 0 Å². The number of carbonyl (C=O) groups excluding carboxylic acids is 1. The number of likely N-dealkylation sites (tertiary alicyclic amines) is 1. The van der Waals surface area contributed by atoms with Crippen molar-refractivity contribution < 1.29 is 17.6 Å². The zero-order valence-corrected chi connectivity index (χ0v) is 22.6. The lowest BCUT2D eigenvalue weighted by Gasteiger charge is -2.28. The maximum atomic E-state index is 13.7. The summed E-state index contributed by atoms with van der Waals surface area (Å²) < 4.78 is 34.4. The molecule has 0 bridgehead atoms. The van der Waals surface area contributed by atoms with E-state index in [-0.39, 0.29) is 23.9 Å². The zero-order chi connectivity index (χ0) is 26.3. The Morgan fingerprint density at radius 2 is 1.62 bits per heavy atom. The van der Waals surface area contributed by atoms with Crippen LogP contribution in [0.15, 0.2) is 76.0 Å². The minimum Gasteiger partial charge on any atom is -0.464 e. The molecule has 0 unspecified atom stereocenters. The monoisotopic (exact) mass is 523 g/mol. The minimum atomic E-state index is -3.84. The molecular weight excluding hydrogens is 486 g/mol. The molecule has 1 saturated heterocycles. The van der Waals surface area contributed by atoms with Crippen LogP contribution in [-0.4, -0.2) is 67.7 Å². The van der Waals surface area contributed by atoms with Gasteiger partial charge in [-0.05, 0) is 76.0 Å². The number of carbonyl (C=O) groups is 1. The van der Waals surface area contributed by atoms with Gasteiger partial charge in [0.25, 0.3) is 0 Å². The first-order valence-corrected chi connectivity index (χ1v) is 14.4. The van der Waals surface area contributed by atoms with Gasteiger partial charge in [-0.1, -0.05) is 48.0 Å². The van der Waals surface area contributed by atoms with Crippen molar-refractivity contribution in [2.24, 2.45) is 0 Å². The Labute approximate surface area is 220 Å². The highest BCUT2D eigenvalue weighted by Gasteiger charge is 2.29. The van der Waals surface area contributed by atoms with Gasteiger partial charge in [-0.15, -0.1) is 0 Å². The summed E-state index contributed by atoms with van der Waals surface area (Å²) in [6.07, 6.45) is 2.92. The lowest BCUT2D eigenvalue weighted by molar-refractivity contribution is -0.132. The molecule has 2 aromatic carbocycles. The number of aryl methyl sites for hydroxylation is 2. The number of rotatable bonds is 12. The maximum absolute atomic E-state index is 13.7. The Kier molecular flexibility index (Phi) is 9.18. The van der Waals surface area contributed by atoms with Gasteiger partial charge in [0.05, 0.1) is 18.0 Å². The van der Waals surface area contributed by atoms with Gasteiger partial charge < -0.3 is 14.2 Å².